The van der Waals surface area contributed by atoms with Crippen LogP contribution >= 0.6 is 0 Å². The van der Waals surface area contributed by atoms with Gasteiger partial charge in [0.1, 0.15) is 0 Å². The van der Waals surface area contributed by atoms with Gasteiger partial charge in [0.05, 0.1) is 4.92 Å². The molecule has 5 nitrogen and oxygen atoms in total. The van der Waals surface area contributed by atoms with E-state index in [9.17, 15) is 10.1 Å². The van der Waals surface area contributed by atoms with Gasteiger partial charge < -0.3 is 0 Å². The molecule has 0 radical (unpaired) electrons. The summed E-state index contributed by atoms with van der Waals surface area (Å²) >= 11 is 0. The average Bonchev–Trinajstić information content (AvgIpc) is 2.64. The number of non-ortho nitro benzene ring substituents is 1. The summed E-state index contributed by atoms with van der Waals surface area (Å²) in [5.41, 5.74) is 2.40. The van der Waals surface area contributed by atoms with E-state index in [0.29, 0.717) is 0 Å². The van der Waals surface area contributed by atoms with E-state index >= 15 is 0 Å². The molecule has 0 unspecified atom stereocenters. The van der Waals surface area contributed by atoms with Crippen molar-refractivity contribution in [2.24, 2.45) is 0 Å². The Kier molecular flexibility index (Phi) is 5.93. The lowest BCUT2D eigenvalue weighted by Crippen LogP contribution is -2.45. The van der Waals surface area contributed by atoms with Crippen LogP contribution in [-0.2, 0) is 6.54 Å². The molecular weight excluding hydrogens is 314 g/mol. The highest BCUT2D eigenvalue weighted by atomic mass is 16.6. The second kappa shape index (κ2) is 8.55. The predicted octanol–water partition coefficient (Wildman–Crippen LogP) is 3.43. The van der Waals surface area contributed by atoms with Crippen molar-refractivity contribution in [1.29, 1.82) is 0 Å². The third kappa shape index (κ3) is 5.24. The summed E-state index contributed by atoms with van der Waals surface area (Å²) in [5.74, 6) is 0. The summed E-state index contributed by atoms with van der Waals surface area (Å²) < 4.78 is 0. The lowest BCUT2D eigenvalue weighted by atomic mass is 10.1. The highest BCUT2D eigenvalue weighted by molar-refractivity contribution is 5.48. The molecule has 1 heterocycles. The maximum Gasteiger partial charge on any atom is 0.269 e. The summed E-state index contributed by atoms with van der Waals surface area (Å²) in [6.45, 7) is 5.75. The third-order valence-electron chi connectivity index (χ3n) is 4.47. The van der Waals surface area contributed by atoms with Crippen molar-refractivity contribution in [2.45, 2.75) is 6.54 Å². The fourth-order valence-electron chi connectivity index (χ4n) is 3.06. The average molecular weight is 337 g/mol. The highest BCUT2D eigenvalue weighted by Gasteiger charge is 2.16. The van der Waals surface area contributed by atoms with Crippen molar-refractivity contribution < 1.29 is 4.92 Å². The van der Waals surface area contributed by atoms with Crippen molar-refractivity contribution >= 4 is 11.8 Å². The molecule has 0 amide bonds. The summed E-state index contributed by atoms with van der Waals surface area (Å²) in [5, 5.41) is 10.9. The minimum atomic E-state index is -0.333. The normalized spacial score (nSPS) is 16.3. The largest absolute Gasteiger partial charge is 0.297 e. The van der Waals surface area contributed by atoms with Gasteiger partial charge in [0.15, 0.2) is 0 Å². The first kappa shape index (κ1) is 17.3. The Morgan fingerprint density at radius 2 is 1.68 bits per heavy atom. The van der Waals surface area contributed by atoms with Crippen LogP contribution in [0.25, 0.3) is 6.08 Å². The Bertz CT molecular complexity index is 723. The molecule has 1 aliphatic heterocycles. The topological polar surface area (TPSA) is 49.6 Å². The SMILES string of the molecule is O=[N+]([O-])c1cccc(CN2CCN(C/C=C\c3ccccc3)CC2)c1. The standard InChI is InChI=1S/C20H23N3O2/c24-23(25)20-10-4-8-19(16-20)17-22-14-12-21(13-15-22)11-5-9-18-6-2-1-3-7-18/h1-10,16H,11-15,17H2/b9-5-. The Hall–Kier alpha value is -2.50. The highest BCUT2D eigenvalue weighted by Crippen LogP contribution is 2.15. The number of nitro groups is 1. The van der Waals surface area contributed by atoms with Crippen LogP contribution in [0.3, 0.4) is 0 Å². The lowest BCUT2D eigenvalue weighted by molar-refractivity contribution is -0.384. The van der Waals surface area contributed by atoms with Gasteiger partial charge in [-0.25, -0.2) is 0 Å². The predicted molar refractivity (Wildman–Crippen MR) is 100 cm³/mol. The molecule has 3 rings (SSSR count). The van der Waals surface area contributed by atoms with E-state index in [0.717, 1.165) is 44.8 Å². The van der Waals surface area contributed by atoms with Crippen LogP contribution in [0.5, 0.6) is 0 Å². The van der Waals surface area contributed by atoms with Crippen LogP contribution in [0.15, 0.2) is 60.7 Å². The summed E-state index contributed by atoms with van der Waals surface area (Å²) in [6.07, 6.45) is 4.38. The summed E-state index contributed by atoms with van der Waals surface area (Å²) in [6, 6.07) is 17.3. The van der Waals surface area contributed by atoms with Crippen molar-refractivity contribution in [1.82, 2.24) is 9.80 Å². The smallest absolute Gasteiger partial charge is 0.269 e. The monoisotopic (exact) mass is 337 g/mol. The van der Waals surface area contributed by atoms with Gasteiger partial charge in [0, 0.05) is 51.4 Å². The summed E-state index contributed by atoms with van der Waals surface area (Å²) in [7, 11) is 0. The van der Waals surface area contributed by atoms with E-state index in [-0.39, 0.29) is 10.6 Å². The Morgan fingerprint density at radius 3 is 2.40 bits per heavy atom. The number of rotatable bonds is 6. The number of nitrogens with zero attached hydrogens (tertiary/aromatic N) is 3. The van der Waals surface area contributed by atoms with Gasteiger partial charge in [-0.15, -0.1) is 0 Å². The molecule has 0 spiro atoms. The number of nitro benzene ring substituents is 1. The molecule has 0 bridgehead atoms. The molecule has 1 aliphatic rings. The zero-order chi connectivity index (χ0) is 17.5. The van der Waals surface area contributed by atoms with Gasteiger partial charge in [-0.05, 0) is 11.1 Å². The zero-order valence-corrected chi connectivity index (χ0v) is 14.3. The minimum absolute atomic E-state index is 0.169. The van der Waals surface area contributed by atoms with E-state index < -0.39 is 0 Å². The molecule has 5 heteroatoms. The zero-order valence-electron chi connectivity index (χ0n) is 14.3. The fourth-order valence-corrected chi connectivity index (χ4v) is 3.06. The number of piperazine rings is 1. The fraction of sp³-hybridized carbons (Fsp3) is 0.300. The van der Waals surface area contributed by atoms with Gasteiger partial charge in [-0.2, -0.15) is 0 Å². The van der Waals surface area contributed by atoms with E-state index in [1.165, 1.54) is 5.56 Å². The molecule has 0 N–H and O–H groups in total. The number of hydrogen-bond donors (Lipinski definition) is 0. The Balaban J connectivity index is 1.45. The van der Waals surface area contributed by atoms with E-state index in [1.54, 1.807) is 18.2 Å². The molecule has 25 heavy (non-hydrogen) atoms. The van der Waals surface area contributed by atoms with E-state index in [1.807, 2.05) is 24.3 Å². The van der Waals surface area contributed by atoms with Crippen LogP contribution in [0.2, 0.25) is 0 Å². The van der Waals surface area contributed by atoms with Crippen molar-refractivity contribution in [3.05, 3.63) is 81.9 Å². The first-order valence-corrected chi connectivity index (χ1v) is 8.60. The van der Waals surface area contributed by atoms with E-state index in [2.05, 4.69) is 34.1 Å². The maximum atomic E-state index is 10.9. The van der Waals surface area contributed by atoms with Gasteiger partial charge >= 0.3 is 0 Å². The molecular formula is C20H23N3O2. The van der Waals surface area contributed by atoms with Crippen LogP contribution < -0.4 is 0 Å². The maximum absolute atomic E-state index is 10.9. The number of hydrogen-bond acceptors (Lipinski definition) is 4. The quantitative estimate of drug-likeness (QED) is 0.599. The number of benzene rings is 2. The van der Waals surface area contributed by atoms with E-state index in [4.69, 9.17) is 0 Å². The van der Waals surface area contributed by atoms with Gasteiger partial charge in [-0.3, -0.25) is 19.9 Å². The first-order valence-electron chi connectivity index (χ1n) is 8.60. The molecule has 130 valence electrons. The Labute approximate surface area is 148 Å². The van der Waals surface area contributed by atoms with Crippen molar-refractivity contribution in [3.63, 3.8) is 0 Å². The lowest BCUT2D eigenvalue weighted by Gasteiger charge is -2.34. The second-order valence-electron chi connectivity index (χ2n) is 6.32. The second-order valence-corrected chi connectivity index (χ2v) is 6.32. The van der Waals surface area contributed by atoms with Gasteiger partial charge in [0.25, 0.3) is 5.69 Å². The van der Waals surface area contributed by atoms with Crippen molar-refractivity contribution in [3.8, 4) is 0 Å². The van der Waals surface area contributed by atoms with Crippen LogP contribution in [-0.4, -0.2) is 47.4 Å². The summed E-state index contributed by atoms with van der Waals surface area (Å²) in [4.78, 5) is 15.3. The third-order valence-corrected chi connectivity index (χ3v) is 4.47. The minimum Gasteiger partial charge on any atom is -0.297 e. The molecule has 1 fully saturated rings. The molecule has 0 atom stereocenters. The molecule has 0 aliphatic carbocycles. The molecule has 0 aromatic heterocycles. The van der Waals surface area contributed by atoms with Crippen molar-refractivity contribution in [2.75, 3.05) is 32.7 Å². The first-order chi connectivity index (χ1) is 12.2. The molecule has 1 saturated heterocycles. The van der Waals surface area contributed by atoms with Gasteiger partial charge in [-0.1, -0.05) is 54.6 Å². The molecule has 2 aromatic carbocycles. The van der Waals surface area contributed by atoms with Gasteiger partial charge in [0.2, 0.25) is 0 Å². The Morgan fingerprint density at radius 1 is 0.960 bits per heavy atom. The molecule has 2 aromatic rings. The van der Waals surface area contributed by atoms with Crippen LogP contribution in [0.1, 0.15) is 11.1 Å². The van der Waals surface area contributed by atoms with Crippen LogP contribution in [0, 0.1) is 10.1 Å². The van der Waals surface area contributed by atoms with Crippen LogP contribution in [0.4, 0.5) is 5.69 Å². The molecule has 0 saturated carbocycles.